The van der Waals surface area contributed by atoms with E-state index in [0.717, 1.165) is 12.1 Å². The highest BCUT2D eigenvalue weighted by atomic mass is 35.5. The minimum Gasteiger partial charge on any atom is -0.278 e. The quantitative estimate of drug-likeness (QED) is 0.946. The molecule has 1 aromatic heterocycles. The second kappa shape index (κ2) is 5.06. The van der Waals surface area contributed by atoms with Crippen molar-refractivity contribution in [3.05, 3.63) is 40.4 Å². The molecule has 0 radical (unpaired) electrons. The third-order valence-electron chi connectivity index (χ3n) is 2.89. The molecule has 0 aliphatic heterocycles. The second-order valence-electron chi connectivity index (χ2n) is 4.35. The Labute approximate surface area is 121 Å². The average molecular weight is 318 g/mol. The van der Waals surface area contributed by atoms with Gasteiger partial charge in [0.2, 0.25) is 0 Å². The van der Waals surface area contributed by atoms with Gasteiger partial charge in [-0.1, -0.05) is 11.6 Å². The summed E-state index contributed by atoms with van der Waals surface area (Å²) in [6, 6.07) is 3.45. The van der Waals surface area contributed by atoms with Crippen molar-refractivity contribution in [2.24, 2.45) is 7.05 Å². The molecule has 5 nitrogen and oxygen atoms in total. The molecule has 0 unspecified atom stereocenters. The maximum atomic E-state index is 13.0. The maximum Gasteiger partial charge on any atom is 0.265 e. The van der Waals surface area contributed by atoms with Gasteiger partial charge in [-0.3, -0.25) is 9.40 Å². The summed E-state index contributed by atoms with van der Waals surface area (Å²) in [6.07, 6.45) is 0. The number of rotatable bonds is 3. The molecule has 20 heavy (non-hydrogen) atoms. The van der Waals surface area contributed by atoms with Crippen LogP contribution < -0.4 is 4.72 Å². The molecule has 2 rings (SSSR count). The van der Waals surface area contributed by atoms with Crippen LogP contribution in [0, 0.1) is 19.7 Å². The molecular weight excluding hydrogens is 305 g/mol. The molecule has 2 aromatic rings. The number of sulfonamides is 1. The molecule has 0 amide bonds. The van der Waals surface area contributed by atoms with Gasteiger partial charge in [-0.15, -0.1) is 0 Å². The number of hydrogen-bond donors (Lipinski definition) is 1. The average Bonchev–Trinajstić information content (AvgIpc) is 2.57. The van der Waals surface area contributed by atoms with Crippen LogP contribution in [0.1, 0.15) is 11.4 Å². The summed E-state index contributed by atoms with van der Waals surface area (Å²) in [5, 5.41) is 4.05. The first-order valence-corrected chi connectivity index (χ1v) is 7.56. The summed E-state index contributed by atoms with van der Waals surface area (Å²) in [5.41, 5.74) is 1.01. The van der Waals surface area contributed by atoms with Gasteiger partial charge < -0.3 is 0 Å². The Morgan fingerprint density at radius 2 is 2.00 bits per heavy atom. The van der Waals surface area contributed by atoms with Gasteiger partial charge in [0.1, 0.15) is 10.7 Å². The standard InChI is InChI=1S/C12H13ClFN3O2S/c1-7-12(8(2)17(3)15-7)20(18,19)16-11-5-4-9(14)6-10(11)13/h4-6,16H,1-3H3. The summed E-state index contributed by atoms with van der Waals surface area (Å²) >= 11 is 5.82. The van der Waals surface area contributed by atoms with Gasteiger partial charge in [0.25, 0.3) is 10.0 Å². The van der Waals surface area contributed by atoms with E-state index in [-0.39, 0.29) is 15.6 Å². The SMILES string of the molecule is Cc1nn(C)c(C)c1S(=O)(=O)Nc1ccc(F)cc1Cl. The van der Waals surface area contributed by atoms with Crippen molar-refractivity contribution >= 4 is 27.3 Å². The van der Waals surface area contributed by atoms with Gasteiger partial charge in [0, 0.05) is 7.05 Å². The highest BCUT2D eigenvalue weighted by Gasteiger charge is 2.24. The summed E-state index contributed by atoms with van der Waals surface area (Å²) in [6.45, 7) is 3.26. The van der Waals surface area contributed by atoms with Gasteiger partial charge in [-0.25, -0.2) is 12.8 Å². The van der Waals surface area contributed by atoms with Gasteiger partial charge in [-0.05, 0) is 32.0 Å². The Balaban J connectivity index is 2.46. The van der Waals surface area contributed by atoms with E-state index in [4.69, 9.17) is 11.6 Å². The predicted octanol–water partition coefficient (Wildman–Crippen LogP) is 2.63. The van der Waals surface area contributed by atoms with E-state index in [1.165, 1.54) is 10.7 Å². The molecule has 0 aliphatic rings. The topological polar surface area (TPSA) is 64.0 Å². The first kappa shape index (κ1) is 14.8. The summed E-state index contributed by atoms with van der Waals surface area (Å²) in [7, 11) is -2.17. The zero-order valence-electron chi connectivity index (χ0n) is 11.1. The van der Waals surface area contributed by atoms with E-state index in [2.05, 4.69) is 9.82 Å². The van der Waals surface area contributed by atoms with Crippen LogP contribution in [0.25, 0.3) is 0 Å². The molecular formula is C12H13ClFN3O2S. The van der Waals surface area contributed by atoms with Crippen molar-refractivity contribution in [1.29, 1.82) is 0 Å². The predicted molar refractivity (Wildman–Crippen MR) is 74.9 cm³/mol. The molecule has 0 aliphatic carbocycles. The van der Waals surface area contributed by atoms with Crippen LogP contribution in [0.5, 0.6) is 0 Å². The van der Waals surface area contributed by atoms with Gasteiger partial charge in [0.15, 0.2) is 0 Å². The Kier molecular flexibility index (Phi) is 3.75. The van der Waals surface area contributed by atoms with E-state index in [1.807, 2.05) is 0 Å². The lowest BCUT2D eigenvalue weighted by Gasteiger charge is -2.10. The lowest BCUT2D eigenvalue weighted by Crippen LogP contribution is -2.15. The number of benzene rings is 1. The van der Waals surface area contributed by atoms with Crippen molar-refractivity contribution in [3.8, 4) is 0 Å². The Bertz CT molecular complexity index is 771. The monoisotopic (exact) mass is 317 g/mol. The maximum absolute atomic E-state index is 13.0. The highest BCUT2D eigenvalue weighted by Crippen LogP contribution is 2.27. The largest absolute Gasteiger partial charge is 0.278 e. The first-order valence-electron chi connectivity index (χ1n) is 5.70. The smallest absolute Gasteiger partial charge is 0.265 e. The number of halogens is 2. The lowest BCUT2D eigenvalue weighted by molar-refractivity contribution is 0.599. The Hall–Kier alpha value is -1.60. The minimum absolute atomic E-state index is 0.00669. The highest BCUT2D eigenvalue weighted by molar-refractivity contribution is 7.92. The fraction of sp³-hybridized carbons (Fsp3) is 0.250. The van der Waals surface area contributed by atoms with E-state index >= 15 is 0 Å². The normalized spacial score (nSPS) is 11.7. The van der Waals surface area contributed by atoms with Crippen LogP contribution >= 0.6 is 11.6 Å². The van der Waals surface area contributed by atoms with Crippen molar-refractivity contribution in [2.75, 3.05) is 4.72 Å². The molecule has 1 heterocycles. The third-order valence-corrected chi connectivity index (χ3v) is 4.82. The molecule has 0 bridgehead atoms. The number of anilines is 1. The van der Waals surface area contributed by atoms with E-state index in [1.54, 1.807) is 20.9 Å². The molecule has 0 atom stereocenters. The Morgan fingerprint density at radius 3 is 2.50 bits per heavy atom. The number of hydrogen-bond acceptors (Lipinski definition) is 3. The Morgan fingerprint density at radius 1 is 1.35 bits per heavy atom. The summed E-state index contributed by atoms with van der Waals surface area (Å²) in [5.74, 6) is -0.535. The molecule has 0 saturated heterocycles. The van der Waals surface area contributed by atoms with Gasteiger partial charge in [-0.2, -0.15) is 5.10 Å². The minimum atomic E-state index is -3.83. The fourth-order valence-electron chi connectivity index (χ4n) is 1.91. The van der Waals surface area contributed by atoms with Crippen LogP contribution in [0.2, 0.25) is 5.02 Å². The van der Waals surface area contributed by atoms with Crippen molar-refractivity contribution in [3.63, 3.8) is 0 Å². The van der Waals surface area contributed by atoms with Crippen LogP contribution in [0.4, 0.5) is 10.1 Å². The molecule has 8 heteroatoms. The van der Waals surface area contributed by atoms with Crippen LogP contribution in [0.15, 0.2) is 23.1 Å². The molecule has 1 aromatic carbocycles. The molecule has 0 spiro atoms. The summed E-state index contributed by atoms with van der Waals surface area (Å²) < 4.78 is 41.5. The number of nitrogens with zero attached hydrogens (tertiary/aromatic N) is 2. The number of aryl methyl sites for hydroxylation is 2. The van der Waals surface area contributed by atoms with Gasteiger partial charge >= 0.3 is 0 Å². The molecule has 1 N–H and O–H groups in total. The first-order chi connectivity index (χ1) is 9.22. The molecule has 0 saturated carbocycles. The number of aromatic nitrogens is 2. The van der Waals surface area contributed by atoms with Crippen LogP contribution in [-0.4, -0.2) is 18.2 Å². The van der Waals surface area contributed by atoms with E-state index in [0.29, 0.717) is 11.4 Å². The van der Waals surface area contributed by atoms with Crippen molar-refractivity contribution < 1.29 is 12.8 Å². The van der Waals surface area contributed by atoms with Crippen LogP contribution in [0.3, 0.4) is 0 Å². The lowest BCUT2D eigenvalue weighted by atomic mass is 10.3. The third kappa shape index (κ3) is 2.64. The summed E-state index contributed by atoms with van der Waals surface area (Å²) in [4.78, 5) is 0.0976. The molecule has 108 valence electrons. The van der Waals surface area contributed by atoms with Crippen molar-refractivity contribution in [1.82, 2.24) is 9.78 Å². The van der Waals surface area contributed by atoms with E-state index in [9.17, 15) is 12.8 Å². The fourth-order valence-corrected chi connectivity index (χ4v) is 3.70. The van der Waals surface area contributed by atoms with E-state index < -0.39 is 15.8 Å². The van der Waals surface area contributed by atoms with Crippen molar-refractivity contribution in [2.45, 2.75) is 18.7 Å². The van der Waals surface area contributed by atoms with Crippen LogP contribution in [-0.2, 0) is 17.1 Å². The number of nitrogens with one attached hydrogen (secondary N) is 1. The second-order valence-corrected chi connectivity index (χ2v) is 6.38. The molecule has 0 fully saturated rings. The zero-order chi connectivity index (χ0) is 15.1. The zero-order valence-corrected chi connectivity index (χ0v) is 12.7. The van der Waals surface area contributed by atoms with Gasteiger partial charge in [0.05, 0.1) is 22.1 Å².